The Kier molecular flexibility index (Phi) is 7.42. The minimum absolute atomic E-state index is 0.0191. The van der Waals surface area contributed by atoms with Crippen LogP contribution in [0.2, 0.25) is 0 Å². The van der Waals surface area contributed by atoms with Gasteiger partial charge in [0.05, 0.1) is 16.8 Å². The van der Waals surface area contributed by atoms with Crippen molar-refractivity contribution in [3.63, 3.8) is 0 Å². The molecule has 0 aliphatic carbocycles. The van der Waals surface area contributed by atoms with E-state index in [2.05, 4.69) is 6.58 Å². The number of carbonyl (C=O) groups is 1. The van der Waals surface area contributed by atoms with E-state index >= 15 is 0 Å². The maximum absolute atomic E-state index is 14.8. The third-order valence-electron chi connectivity index (χ3n) is 5.43. The molecule has 3 rings (SSSR count). The summed E-state index contributed by atoms with van der Waals surface area (Å²) in [5.74, 6) is -0.495. The van der Waals surface area contributed by atoms with Crippen molar-refractivity contribution in [1.82, 2.24) is 4.57 Å². The van der Waals surface area contributed by atoms with Gasteiger partial charge in [-0.15, -0.1) is 18.3 Å². The Morgan fingerprint density at radius 3 is 2.36 bits per heavy atom. The molecule has 3 aromatic rings. The van der Waals surface area contributed by atoms with Gasteiger partial charge in [0.2, 0.25) is 0 Å². The molecule has 7 heteroatoms. The zero-order chi connectivity index (χ0) is 24.3. The summed E-state index contributed by atoms with van der Waals surface area (Å²) in [6.45, 7) is 8.83. The molecule has 0 amide bonds. The monoisotopic (exact) mass is 473 g/mol. The van der Waals surface area contributed by atoms with Gasteiger partial charge in [-0.05, 0) is 55.7 Å². The molecule has 0 unspecified atom stereocenters. The number of aromatic nitrogens is 1. The van der Waals surface area contributed by atoms with Crippen molar-refractivity contribution in [2.75, 3.05) is 5.75 Å². The summed E-state index contributed by atoms with van der Waals surface area (Å²) >= 11 is 1.40. The summed E-state index contributed by atoms with van der Waals surface area (Å²) in [6, 6.07) is 12.1. The fraction of sp³-hybridized carbons (Fsp3) is 0.269. The fourth-order valence-electron chi connectivity index (χ4n) is 4.07. The number of carboxylic acid groups (broad SMARTS) is 1. The van der Waals surface area contributed by atoms with E-state index in [1.54, 1.807) is 43.3 Å². The predicted octanol–water partition coefficient (Wildman–Crippen LogP) is 7.71. The molecule has 3 nitrogen and oxygen atoms in total. The van der Waals surface area contributed by atoms with Crippen molar-refractivity contribution in [1.29, 1.82) is 0 Å². The van der Waals surface area contributed by atoms with E-state index in [1.165, 1.54) is 35.4 Å². The van der Waals surface area contributed by atoms with Crippen LogP contribution in [0.3, 0.4) is 0 Å². The van der Waals surface area contributed by atoms with Crippen LogP contribution in [0.4, 0.5) is 13.2 Å². The van der Waals surface area contributed by atoms with Gasteiger partial charge in [-0.1, -0.05) is 43.3 Å². The normalized spacial score (nSPS) is 11.6. The van der Waals surface area contributed by atoms with Gasteiger partial charge >= 0.3 is 12.1 Å². The average Bonchev–Trinajstić information content (AvgIpc) is 3.06. The highest BCUT2D eigenvalue weighted by molar-refractivity contribution is 7.99. The van der Waals surface area contributed by atoms with Crippen molar-refractivity contribution < 1.29 is 23.1 Å². The van der Waals surface area contributed by atoms with Gasteiger partial charge in [-0.3, -0.25) is 0 Å². The van der Waals surface area contributed by atoms with Crippen LogP contribution in [0.15, 0.2) is 60.0 Å². The van der Waals surface area contributed by atoms with E-state index in [-0.39, 0.29) is 28.9 Å². The quantitative estimate of drug-likeness (QED) is 0.269. The van der Waals surface area contributed by atoms with Crippen molar-refractivity contribution in [2.24, 2.45) is 0 Å². The Morgan fingerprint density at radius 2 is 1.85 bits per heavy atom. The van der Waals surface area contributed by atoms with Gasteiger partial charge in [-0.2, -0.15) is 13.2 Å². The van der Waals surface area contributed by atoms with Gasteiger partial charge in [0.15, 0.2) is 0 Å². The topological polar surface area (TPSA) is 42.2 Å². The number of hydrogen-bond donors (Lipinski definition) is 1. The number of allylic oxidation sites excluding steroid dienone is 1. The van der Waals surface area contributed by atoms with Crippen molar-refractivity contribution in [3.05, 3.63) is 83.2 Å². The summed E-state index contributed by atoms with van der Waals surface area (Å²) in [7, 11) is 0. The number of thioether (sulfide) groups is 1. The number of benzene rings is 2. The van der Waals surface area contributed by atoms with E-state index in [0.29, 0.717) is 27.5 Å². The molecule has 0 saturated heterocycles. The molecular formula is C26H26F3NO2S. The number of hydrogen-bond acceptors (Lipinski definition) is 2. The molecule has 1 N–H and O–H groups in total. The first-order chi connectivity index (χ1) is 15.6. The minimum Gasteiger partial charge on any atom is -0.478 e. The average molecular weight is 474 g/mol. The van der Waals surface area contributed by atoms with Crippen LogP contribution in [0.5, 0.6) is 0 Å². The summed E-state index contributed by atoms with van der Waals surface area (Å²) in [6.07, 6.45) is -2.31. The Labute approximate surface area is 196 Å². The van der Waals surface area contributed by atoms with Gasteiger partial charge in [-0.25, -0.2) is 4.79 Å². The SMILES string of the molecule is C=CCc1c(SCCC)cc(-c2ccccc2)c(-n2c(C)cc(C(=O)O)c2C)c1C(F)(F)F. The predicted molar refractivity (Wildman–Crippen MR) is 128 cm³/mol. The summed E-state index contributed by atoms with van der Waals surface area (Å²) in [5, 5.41) is 9.59. The zero-order valence-electron chi connectivity index (χ0n) is 18.8. The van der Waals surface area contributed by atoms with Crippen LogP contribution in [-0.2, 0) is 12.6 Å². The molecule has 0 fully saturated rings. The number of aryl methyl sites for hydroxylation is 1. The van der Waals surface area contributed by atoms with Crippen LogP contribution in [0.1, 0.15) is 46.2 Å². The lowest BCUT2D eigenvalue weighted by molar-refractivity contribution is -0.138. The molecule has 0 spiro atoms. The smallest absolute Gasteiger partial charge is 0.418 e. The summed E-state index contributed by atoms with van der Waals surface area (Å²) in [4.78, 5) is 12.3. The molecule has 1 heterocycles. The molecule has 2 aromatic carbocycles. The van der Waals surface area contributed by atoms with Crippen LogP contribution in [0, 0.1) is 13.8 Å². The maximum Gasteiger partial charge on any atom is 0.418 e. The number of rotatable bonds is 8. The highest BCUT2D eigenvalue weighted by atomic mass is 32.2. The Hall–Kier alpha value is -2.93. The van der Waals surface area contributed by atoms with E-state index in [4.69, 9.17) is 0 Å². The molecule has 0 radical (unpaired) electrons. The Morgan fingerprint density at radius 1 is 1.18 bits per heavy atom. The first-order valence-electron chi connectivity index (χ1n) is 10.6. The van der Waals surface area contributed by atoms with Crippen molar-refractivity contribution in [3.8, 4) is 16.8 Å². The van der Waals surface area contributed by atoms with E-state index < -0.39 is 17.7 Å². The van der Waals surface area contributed by atoms with Crippen LogP contribution < -0.4 is 0 Å². The first-order valence-corrected chi connectivity index (χ1v) is 11.6. The number of halogens is 3. The standard InChI is InChI=1S/C26H26F3NO2S/c1-5-10-19-22(33-13-6-2)15-21(18-11-8-7-9-12-18)24(23(19)26(27,28)29)30-16(3)14-20(17(30)4)25(31)32/h5,7-9,11-12,14-15H,1,6,10,13H2,2-4H3,(H,31,32). The lowest BCUT2D eigenvalue weighted by atomic mass is 9.93. The zero-order valence-corrected chi connectivity index (χ0v) is 19.6. The molecule has 0 bridgehead atoms. The second-order valence-electron chi connectivity index (χ2n) is 7.75. The Balaban J connectivity index is 2.55. The van der Waals surface area contributed by atoms with E-state index in [9.17, 15) is 23.1 Å². The summed E-state index contributed by atoms with van der Waals surface area (Å²) in [5.41, 5.74) is 1.06. The fourth-order valence-corrected chi connectivity index (χ4v) is 5.06. The largest absolute Gasteiger partial charge is 0.478 e. The van der Waals surface area contributed by atoms with Crippen LogP contribution in [-0.4, -0.2) is 21.4 Å². The summed E-state index contributed by atoms with van der Waals surface area (Å²) < 4.78 is 45.7. The van der Waals surface area contributed by atoms with Crippen LogP contribution in [0.25, 0.3) is 16.8 Å². The number of carboxylic acids is 1. The third-order valence-corrected chi connectivity index (χ3v) is 6.72. The Bertz CT molecular complexity index is 1180. The lowest BCUT2D eigenvalue weighted by Crippen LogP contribution is -2.18. The van der Waals surface area contributed by atoms with Gasteiger partial charge < -0.3 is 9.67 Å². The minimum atomic E-state index is -4.66. The maximum atomic E-state index is 14.8. The lowest BCUT2D eigenvalue weighted by Gasteiger charge is -2.26. The number of alkyl halides is 3. The molecule has 0 saturated carbocycles. The molecular weight excluding hydrogens is 447 g/mol. The molecule has 33 heavy (non-hydrogen) atoms. The molecule has 0 aliphatic rings. The van der Waals surface area contributed by atoms with Gasteiger partial charge in [0.1, 0.15) is 0 Å². The second kappa shape index (κ2) is 9.91. The first kappa shape index (κ1) is 24.7. The highest BCUT2D eigenvalue weighted by Gasteiger charge is 2.40. The molecule has 1 aromatic heterocycles. The highest BCUT2D eigenvalue weighted by Crippen LogP contribution is 2.46. The molecule has 0 aliphatic heterocycles. The number of aromatic carboxylic acids is 1. The number of nitrogens with zero attached hydrogens (tertiary/aromatic N) is 1. The van der Waals surface area contributed by atoms with Crippen molar-refractivity contribution in [2.45, 2.75) is 44.7 Å². The van der Waals surface area contributed by atoms with Crippen molar-refractivity contribution >= 4 is 17.7 Å². The van der Waals surface area contributed by atoms with Crippen LogP contribution >= 0.6 is 11.8 Å². The van der Waals surface area contributed by atoms with Gasteiger partial charge in [0.25, 0.3) is 0 Å². The third kappa shape index (κ3) is 4.88. The van der Waals surface area contributed by atoms with Gasteiger partial charge in [0, 0.05) is 21.8 Å². The van der Waals surface area contributed by atoms with E-state index in [1.807, 2.05) is 6.92 Å². The molecule has 0 atom stereocenters. The molecule has 174 valence electrons. The van der Waals surface area contributed by atoms with E-state index in [0.717, 1.165) is 6.42 Å². The second-order valence-corrected chi connectivity index (χ2v) is 8.89.